The van der Waals surface area contributed by atoms with E-state index in [0.717, 1.165) is 8.74 Å². The van der Waals surface area contributed by atoms with E-state index in [1.165, 1.54) is 11.1 Å². The van der Waals surface area contributed by atoms with E-state index in [1.54, 1.807) is 20.7 Å². The van der Waals surface area contributed by atoms with E-state index >= 15 is 0 Å². The second kappa shape index (κ2) is 6.71. The van der Waals surface area contributed by atoms with E-state index < -0.39 is 16.1 Å². The maximum absolute atomic E-state index is 2.51. The molecule has 25 heavy (non-hydrogen) atoms. The maximum Gasteiger partial charge on any atom is 0.0809 e. The Morgan fingerprint density at radius 1 is 0.520 bits per heavy atom. The van der Waals surface area contributed by atoms with E-state index in [9.17, 15) is 0 Å². The van der Waals surface area contributed by atoms with Gasteiger partial charge in [-0.15, -0.1) is 0 Å². The Morgan fingerprint density at radius 2 is 0.840 bits per heavy atom. The lowest BCUT2D eigenvalue weighted by atomic mass is 9.97. The molecule has 1 aliphatic heterocycles. The van der Waals surface area contributed by atoms with Gasteiger partial charge in [0.2, 0.25) is 0 Å². The summed E-state index contributed by atoms with van der Waals surface area (Å²) in [6.45, 7) is 15.0. The van der Waals surface area contributed by atoms with Crippen LogP contribution in [0, 0.1) is 0 Å². The molecule has 0 bridgehead atoms. The first kappa shape index (κ1) is 18.4. The molecule has 0 spiro atoms. The molecular weight excluding hydrogens is 349 g/mol. The predicted octanol–water partition coefficient (Wildman–Crippen LogP) is 5.41. The first-order chi connectivity index (χ1) is 11.7. The Hall–Kier alpha value is -1.43. The van der Waals surface area contributed by atoms with Crippen LogP contribution in [0.2, 0.25) is 39.3 Å². The molecule has 0 atom stereocenters. The fourth-order valence-corrected chi connectivity index (χ4v) is 10.6. The van der Waals surface area contributed by atoms with Crippen LogP contribution in [0.15, 0.2) is 60.7 Å². The first-order valence-electron chi connectivity index (χ1n) is 9.07. The second-order valence-corrected chi connectivity index (χ2v) is 21.1. The van der Waals surface area contributed by atoms with E-state index in [4.69, 9.17) is 0 Å². The molecular formula is C22H28Si3. The van der Waals surface area contributed by atoms with Crippen molar-refractivity contribution in [1.29, 1.82) is 0 Å². The lowest BCUT2D eigenvalue weighted by Gasteiger charge is -2.25. The third kappa shape index (κ3) is 3.73. The molecule has 0 unspecified atom stereocenters. The van der Waals surface area contributed by atoms with Crippen LogP contribution in [0.4, 0.5) is 0 Å². The maximum atomic E-state index is 2.51. The number of hydrogen-bond donors (Lipinski definition) is 0. The highest BCUT2D eigenvalue weighted by Crippen LogP contribution is 2.35. The number of rotatable bonds is 4. The molecule has 1 heterocycles. The van der Waals surface area contributed by atoms with Gasteiger partial charge < -0.3 is 0 Å². The molecule has 3 heteroatoms. The van der Waals surface area contributed by atoms with Crippen LogP contribution in [0.5, 0.6) is 0 Å². The molecule has 0 amide bonds. The third-order valence-electron chi connectivity index (χ3n) is 4.62. The van der Waals surface area contributed by atoms with Gasteiger partial charge in [0.25, 0.3) is 0 Å². The van der Waals surface area contributed by atoms with Gasteiger partial charge in [-0.25, -0.2) is 0 Å². The van der Waals surface area contributed by atoms with Crippen LogP contribution in [0.3, 0.4) is 0 Å². The molecule has 0 radical (unpaired) electrons. The molecule has 0 saturated carbocycles. The van der Waals surface area contributed by atoms with E-state index in [-0.39, 0.29) is 0 Å². The first-order valence-corrected chi connectivity index (χ1v) is 17.1. The molecule has 0 saturated heterocycles. The monoisotopic (exact) mass is 376 g/mol. The van der Waals surface area contributed by atoms with Gasteiger partial charge in [0, 0.05) is 0 Å². The van der Waals surface area contributed by atoms with Gasteiger partial charge in [-0.2, -0.15) is 0 Å². The van der Waals surface area contributed by atoms with Gasteiger partial charge in [-0.05, 0) is 40.6 Å². The summed E-state index contributed by atoms with van der Waals surface area (Å²) >= 11 is 0. The van der Waals surface area contributed by atoms with Crippen molar-refractivity contribution in [3.8, 4) is 0 Å². The third-order valence-corrected chi connectivity index (χ3v) is 14.4. The van der Waals surface area contributed by atoms with Crippen molar-refractivity contribution in [2.45, 2.75) is 39.3 Å². The summed E-state index contributed by atoms with van der Waals surface area (Å²) in [6.07, 6.45) is 0. The normalized spacial score (nSPS) is 15.3. The Kier molecular flexibility index (Phi) is 4.93. The van der Waals surface area contributed by atoms with Crippen molar-refractivity contribution in [3.05, 3.63) is 71.8 Å². The lowest BCUT2D eigenvalue weighted by molar-refractivity contribution is 1.62. The van der Waals surface area contributed by atoms with Gasteiger partial charge >= 0.3 is 0 Å². The highest BCUT2D eigenvalue weighted by molar-refractivity contribution is 7.30. The number of benzene rings is 2. The zero-order chi connectivity index (χ0) is 18.2. The van der Waals surface area contributed by atoms with Crippen LogP contribution in [0.1, 0.15) is 11.1 Å². The van der Waals surface area contributed by atoms with Crippen molar-refractivity contribution in [3.63, 3.8) is 0 Å². The highest BCUT2D eigenvalue weighted by Gasteiger charge is 2.35. The molecule has 0 nitrogen and oxygen atoms in total. The van der Waals surface area contributed by atoms with Crippen molar-refractivity contribution in [2.24, 2.45) is 0 Å². The van der Waals surface area contributed by atoms with Crippen LogP contribution < -0.4 is 0 Å². The van der Waals surface area contributed by atoms with Crippen LogP contribution >= 0.6 is 0 Å². The zero-order valence-corrected chi connectivity index (χ0v) is 19.3. The van der Waals surface area contributed by atoms with Gasteiger partial charge in [0.1, 0.15) is 0 Å². The summed E-state index contributed by atoms with van der Waals surface area (Å²) in [5.41, 5.74) is 5.92. The minimum atomic E-state index is -1.39. The summed E-state index contributed by atoms with van der Waals surface area (Å²) in [4.78, 5) is 3.52. The van der Waals surface area contributed by atoms with Crippen molar-refractivity contribution < 1.29 is 0 Å². The van der Waals surface area contributed by atoms with E-state index in [1.807, 2.05) is 0 Å². The average Bonchev–Trinajstić information content (AvgIpc) is 2.97. The van der Waals surface area contributed by atoms with Crippen molar-refractivity contribution >= 4 is 45.6 Å². The van der Waals surface area contributed by atoms with Crippen LogP contribution in [-0.4, -0.2) is 34.5 Å². The Labute approximate surface area is 156 Å². The topological polar surface area (TPSA) is 0 Å². The molecule has 2 aromatic carbocycles. The lowest BCUT2D eigenvalue weighted by Crippen LogP contribution is -2.36. The Bertz CT molecular complexity index is 799. The number of hydrogen-bond acceptors (Lipinski definition) is 0. The summed E-state index contributed by atoms with van der Waals surface area (Å²) in [5.74, 6) is 0. The van der Waals surface area contributed by atoms with Gasteiger partial charge in [-0.1, -0.05) is 99.9 Å². The SMILES string of the molecule is C[Si](C)(C)C1=[Si]=C([Si](C)(C)C)C(c2ccccc2)=C1c1ccccc1. The standard InChI is InChI=1S/C22H28Si3/c1-24(2,3)21-19(17-13-9-7-10-14-17)20(18-15-11-8-12-16-18)22(23-21)25(4,5)6/h7-16H,1-6H3. The fourth-order valence-electron chi connectivity index (χ4n) is 3.41. The van der Waals surface area contributed by atoms with Crippen LogP contribution in [-0.2, 0) is 0 Å². The second-order valence-electron chi connectivity index (χ2n) is 8.86. The summed E-state index contributed by atoms with van der Waals surface area (Å²) in [5, 5.41) is 0. The summed E-state index contributed by atoms with van der Waals surface area (Å²) in [6, 6.07) is 22.2. The molecule has 2 aromatic rings. The minimum Gasteiger partial charge on any atom is -0.0655 e. The van der Waals surface area contributed by atoms with Gasteiger partial charge in [-0.3, -0.25) is 0 Å². The smallest absolute Gasteiger partial charge is 0.0655 e. The molecule has 0 aliphatic carbocycles. The quantitative estimate of drug-likeness (QED) is 0.625. The Balaban J connectivity index is 2.38. The van der Waals surface area contributed by atoms with E-state index in [2.05, 4.69) is 99.9 Å². The predicted molar refractivity (Wildman–Crippen MR) is 122 cm³/mol. The zero-order valence-electron chi connectivity index (χ0n) is 16.3. The Morgan fingerprint density at radius 3 is 1.12 bits per heavy atom. The molecule has 0 N–H and O–H groups in total. The number of allylic oxidation sites excluding steroid dienone is 2. The average molecular weight is 377 g/mol. The summed E-state index contributed by atoms with van der Waals surface area (Å²) in [7, 11) is -1.90. The van der Waals surface area contributed by atoms with Crippen LogP contribution in [0.25, 0.3) is 11.1 Å². The molecule has 3 rings (SSSR count). The highest BCUT2D eigenvalue weighted by atomic mass is 28.4. The van der Waals surface area contributed by atoms with Crippen molar-refractivity contribution in [2.75, 3.05) is 0 Å². The molecule has 1 aliphatic rings. The van der Waals surface area contributed by atoms with Gasteiger partial charge in [0.05, 0.1) is 16.1 Å². The molecule has 128 valence electrons. The molecule has 0 fully saturated rings. The fraction of sp³-hybridized carbons (Fsp3) is 0.273. The molecule has 0 aromatic heterocycles. The largest absolute Gasteiger partial charge is 0.0809 e. The minimum absolute atomic E-state index is 0.888. The van der Waals surface area contributed by atoms with Crippen molar-refractivity contribution in [1.82, 2.24) is 0 Å². The van der Waals surface area contributed by atoms with Gasteiger partial charge in [0.15, 0.2) is 0 Å². The summed E-state index contributed by atoms with van der Waals surface area (Å²) < 4.78 is 0. The van der Waals surface area contributed by atoms with E-state index in [0.29, 0.717) is 0 Å².